The van der Waals surface area contributed by atoms with Crippen LogP contribution in [0.15, 0.2) is 24.3 Å². The number of carbonyl (C=O) groups excluding carboxylic acids is 1. The molecule has 0 heterocycles. The van der Waals surface area contributed by atoms with E-state index in [9.17, 15) is 9.59 Å². The zero-order valence-electron chi connectivity index (χ0n) is 11.3. The van der Waals surface area contributed by atoms with Gasteiger partial charge in [0.2, 0.25) is 0 Å². The molecule has 6 nitrogen and oxygen atoms in total. The summed E-state index contributed by atoms with van der Waals surface area (Å²) in [6.45, 7) is 0.419. The molecule has 0 radical (unpaired) electrons. The number of aliphatic carboxylic acids is 1. The van der Waals surface area contributed by atoms with Gasteiger partial charge in [-0.1, -0.05) is 18.2 Å². The number of amides is 2. The summed E-state index contributed by atoms with van der Waals surface area (Å²) < 4.78 is 5.22. The molecular formula is C14H18N2O4. The van der Waals surface area contributed by atoms with Gasteiger partial charge in [-0.15, -0.1) is 0 Å². The van der Waals surface area contributed by atoms with Crippen LogP contribution in [0.2, 0.25) is 0 Å². The number of benzene rings is 1. The van der Waals surface area contributed by atoms with E-state index in [-0.39, 0.29) is 0 Å². The maximum Gasteiger partial charge on any atom is 0.329 e. The zero-order chi connectivity index (χ0) is 14.6. The molecule has 0 saturated heterocycles. The Labute approximate surface area is 117 Å². The Bertz CT molecular complexity index is 512. The predicted octanol–water partition coefficient (Wildman–Crippen LogP) is 1.15. The first-order valence-corrected chi connectivity index (χ1v) is 6.49. The molecule has 0 bridgehead atoms. The first-order chi connectivity index (χ1) is 9.57. The molecule has 1 aromatic rings. The topological polar surface area (TPSA) is 87.7 Å². The lowest BCUT2D eigenvalue weighted by Crippen LogP contribution is -2.48. The Morgan fingerprint density at radius 3 is 2.65 bits per heavy atom. The summed E-state index contributed by atoms with van der Waals surface area (Å²) >= 11 is 0. The van der Waals surface area contributed by atoms with E-state index in [0.717, 1.165) is 11.3 Å². The number of rotatable bonds is 6. The van der Waals surface area contributed by atoms with Crippen molar-refractivity contribution in [3.63, 3.8) is 0 Å². The van der Waals surface area contributed by atoms with Gasteiger partial charge < -0.3 is 20.5 Å². The first-order valence-electron chi connectivity index (χ1n) is 6.49. The van der Waals surface area contributed by atoms with E-state index in [1.54, 1.807) is 7.11 Å². The van der Waals surface area contributed by atoms with E-state index >= 15 is 0 Å². The van der Waals surface area contributed by atoms with Crippen molar-refractivity contribution in [1.29, 1.82) is 0 Å². The third-order valence-electron chi connectivity index (χ3n) is 3.38. The fourth-order valence-electron chi connectivity index (χ4n) is 2.00. The van der Waals surface area contributed by atoms with Gasteiger partial charge in [0.15, 0.2) is 0 Å². The van der Waals surface area contributed by atoms with Crippen LogP contribution in [-0.2, 0) is 11.2 Å². The molecule has 6 heteroatoms. The molecule has 2 rings (SSSR count). The average Bonchev–Trinajstić information content (AvgIpc) is 3.20. The fourth-order valence-corrected chi connectivity index (χ4v) is 2.00. The van der Waals surface area contributed by atoms with Gasteiger partial charge in [-0.05, 0) is 30.9 Å². The quantitative estimate of drug-likeness (QED) is 0.728. The van der Waals surface area contributed by atoms with Crippen LogP contribution in [0.5, 0.6) is 5.75 Å². The lowest BCUT2D eigenvalue weighted by atomic mass is 10.1. The molecule has 0 atom stereocenters. The first kappa shape index (κ1) is 14.2. The normalized spacial score (nSPS) is 15.2. The van der Waals surface area contributed by atoms with Gasteiger partial charge in [-0.3, -0.25) is 0 Å². The Balaban J connectivity index is 1.78. The monoisotopic (exact) mass is 278 g/mol. The van der Waals surface area contributed by atoms with Crippen molar-refractivity contribution in [2.45, 2.75) is 24.8 Å². The number of urea groups is 1. The maximum atomic E-state index is 11.6. The Morgan fingerprint density at radius 2 is 2.05 bits per heavy atom. The Morgan fingerprint density at radius 1 is 1.35 bits per heavy atom. The summed E-state index contributed by atoms with van der Waals surface area (Å²) in [4.78, 5) is 22.6. The number of para-hydroxylation sites is 1. The Hall–Kier alpha value is -2.24. The summed E-state index contributed by atoms with van der Waals surface area (Å²) in [5, 5.41) is 14.1. The lowest BCUT2D eigenvalue weighted by Gasteiger charge is -2.14. The van der Waals surface area contributed by atoms with Crippen LogP contribution in [0.25, 0.3) is 0 Å². The highest BCUT2D eigenvalue weighted by Crippen LogP contribution is 2.35. The summed E-state index contributed by atoms with van der Waals surface area (Å²) in [6.07, 6.45) is 1.60. The maximum absolute atomic E-state index is 11.6. The molecule has 108 valence electrons. The van der Waals surface area contributed by atoms with Gasteiger partial charge in [-0.2, -0.15) is 0 Å². The molecule has 2 amide bonds. The largest absolute Gasteiger partial charge is 0.496 e. The van der Waals surface area contributed by atoms with Crippen molar-refractivity contribution in [2.75, 3.05) is 13.7 Å². The second-order valence-corrected chi connectivity index (χ2v) is 4.83. The fraction of sp³-hybridized carbons (Fsp3) is 0.429. The smallest absolute Gasteiger partial charge is 0.329 e. The molecule has 1 aliphatic rings. The molecule has 1 aromatic carbocycles. The average molecular weight is 278 g/mol. The molecule has 1 fully saturated rings. The van der Waals surface area contributed by atoms with Gasteiger partial charge in [0.25, 0.3) is 0 Å². The number of carboxylic acids is 1. The minimum atomic E-state index is -1.05. The standard InChI is InChI=1S/C14H18N2O4/c1-20-11-5-3-2-4-10(11)6-9-15-13(19)16-14(7-8-14)12(17)18/h2-5H,6-9H2,1H3,(H,17,18)(H2,15,16,19). The van der Waals surface area contributed by atoms with Crippen LogP contribution in [0.3, 0.4) is 0 Å². The molecule has 1 saturated carbocycles. The number of methoxy groups -OCH3 is 1. The van der Waals surface area contributed by atoms with Crippen molar-refractivity contribution >= 4 is 12.0 Å². The third kappa shape index (κ3) is 3.20. The summed E-state index contributed by atoms with van der Waals surface area (Å²) in [7, 11) is 1.60. The lowest BCUT2D eigenvalue weighted by molar-refractivity contribution is -0.140. The molecule has 1 aliphatic carbocycles. The number of carboxylic acid groups (broad SMARTS) is 1. The molecule has 0 aliphatic heterocycles. The van der Waals surface area contributed by atoms with Gasteiger partial charge >= 0.3 is 12.0 Å². The van der Waals surface area contributed by atoms with Crippen LogP contribution >= 0.6 is 0 Å². The van der Waals surface area contributed by atoms with Crippen molar-refractivity contribution in [1.82, 2.24) is 10.6 Å². The van der Waals surface area contributed by atoms with Crippen molar-refractivity contribution in [2.24, 2.45) is 0 Å². The minimum absolute atomic E-state index is 0.419. The molecule has 0 aromatic heterocycles. The van der Waals surface area contributed by atoms with Crippen LogP contribution < -0.4 is 15.4 Å². The van der Waals surface area contributed by atoms with Gasteiger partial charge in [0.05, 0.1) is 7.11 Å². The van der Waals surface area contributed by atoms with E-state index < -0.39 is 17.5 Å². The molecule has 0 spiro atoms. The van der Waals surface area contributed by atoms with E-state index in [1.807, 2.05) is 24.3 Å². The van der Waals surface area contributed by atoms with E-state index in [2.05, 4.69) is 10.6 Å². The second kappa shape index (κ2) is 5.81. The minimum Gasteiger partial charge on any atom is -0.496 e. The number of hydrogen-bond acceptors (Lipinski definition) is 3. The highest BCUT2D eigenvalue weighted by molar-refractivity contribution is 5.88. The van der Waals surface area contributed by atoms with Crippen molar-refractivity contribution in [3.05, 3.63) is 29.8 Å². The highest BCUT2D eigenvalue weighted by Gasteiger charge is 2.51. The van der Waals surface area contributed by atoms with E-state index in [1.165, 1.54) is 0 Å². The van der Waals surface area contributed by atoms with Crippen LogP contribution in [0, 0.1) is 0 Å². The second-order valence-electron chi connectivity index (χ2n) is 4.83. The zero-order valence-corrected chi connectivity index (χ0v) is 11.3. The molecular weight excluding hydrogens is 260 g/mol. The van der Waals surface area contributed by atoms with Gasteiger partial charge in [0.1, 0.15) is 11.3 Å². The highest BCUT2D eigenvalue weighted by atomic mass is 16.5. The SMILES string of the molecule is COc1ccccc1CCNC(=O)NC1(C(=O)O)CC1. The van der Waals surface area contributed by atoms with Crippen LogP contribution in [0.4, 0.5) is 4.79 Å². The summed E-state index contributed by atoms with van der Waals surface area (Å²) in [6, 6.07) is 7.13. The Kier molecular flexibility index (Phi) is 4.12. The predicted molar refractivity (Wildman–Crippen MR) is 72.8 cm³/mol. The molecule has 20 heavy (non-hydrogen) atoms. The van der Waals surface area contributed by atoms with Crippen LogP contribution in [0.1, 0.15) is 18.4 Å². The summed E-state index contributed by atoms with van der Waals surface area (Å²) in [5.74, 6) is -0.198. The number of ether oxygens (including phenoxy) is 1. The number of hydrogen-bond donors (Lipinski definition) is 3. The van der Waals surface area contributed by atoms with Crippen molar-refractivity contribution < 1.29 is 19.4 Å². The van der Waals surface area contributed by atoms with Crippen molar-refractivity contribution in [3.8, 4) is 5.75 Å². The van der Waals surface area contributed by atoms with E-state index in [4.69, 9.17) is 9.84 Å². The summed E-state index contributed by atoms with van der Waals surface area (Å²) in [5.41, 5.74) is -0.0520. The molecule has 0 unspecified atom stereocenters. The number of carbonyl (C=O) groups is 2. The van der Waals surface area contributed by atoms with Gasteiger partial charge in [-0.25, -0.2) is 9.59 Å². The van der Waals surface area contributed by atoms with Gasteiger partial charge in [0, 0.05) is 6.54 Å². The number of nitrogens with one attached hydrogen (secondary N) is 2. The molecule has 3 N–H and O–H groups in total. The van der Waals surface area contributed by atoms with E-state index in [0.29, 0.717) is 25.8 Å². The third-order valence-corrected chi connectivity index (χ3v) is 3.38. The van der Waals surface area contributed by atoms with Crippen LogP contribution in [-0.4, -0.2) is 36.3 Å².